The van der Waals surface area contributed by atoms with E-state index in [0.29, 0.717) is 12.3 Å². The van der Waals surface area contributed by atoms with E-state index in [2.05, 4.69) is 22.5 Å². The normalized spacial score (nSPS) is 25.6. The minimum Gasteiger partial charge on any atom is -0.356 e. The minimum absolute atomic E-state index is 0.254. The van der Waals surface area contributed by atoms with E-state index in [1.54, 1.807) is 0 Å². The second-order valence-electron chi connectivity index (χ2n) is 6.08. The van der Waals surface area contributed by atoms with Gasteiger partial charge in [0.1, 0.15) is 0 Å². The molecule has 4 nitrogen and oxygen atoms in total. The van der Waals surface area contributed by atoms with Crippen LogP contribution in [0.5, 0.6) is 0 Å². The first-order chi connectivity index (χ1) is 9.28. The van der Waals surface area contributed by atoms with Crippen molar-refractivity contribution in [2.45, 2.75) is 39.0 Å². The lowest BCUT2D eigenvalue weighted by atomic mass is 9.96. The van der Waals surface area contributed by atoms with Gasteiger partial charge in [-0.25, -0.2) is 0 Å². The molecular weight excluding hydrogens is 238 g/mol. The number of rotatable bonds is 6. The fourth-order valence-corrected chi connectivity index (χ4v) is 3.15. The first-order valence-corrected chi connectivity index (χ1v) is 7.97. The Kier molecular flexibility index (Phi) is 6.11. The molecule has 19 heavy (non-hydrogen) atoms. The van der Waals surface area contributed by atoms with Gasteiger partial charge in [-0.05, 0) is 70.2 Å². The van der Waals surface area contributed by atoms with E-state index in [0.717, 1.165) is 38.5 Å². The molecule has 0 aromatic rings. The van der Waals surface area contributed by atoms with E-state index in [4.69, 9.17) is 0 Å². The molecule has 2 aliphatic heterocycles. The second kappa shape index (κ2) is 7.85. The number of hydrogen-bond donors (Lipinski definition) is 2. The molecule has 1 atom stereocenters. The maximum atomic E-state index is 11.8. The quantitative estimate of drug-likeness (QED) is 0.761. The van der Waals surface area contributed by atoms with Crippen LogP contribution < -0.4 is 10.6 Å². The van der Waals surface area contributed by atoms with Crippen LogP contribution in [-0.2, 0) is 4.79 Å². The van der Waals surface area contributed by atoms with E-state index in [1.165, 1.54) is 32.4 Å². The zero-order valence-corrected chi connectivity index (χ0v) is 12.3. The molecular formula is C15H29N3O. The first kappa shape index (κ1) is 14.8. The van der Waals surface area contributed by atoms with Crippen LogP contribution in [0, 0.1) is 11.8 Å². The van der Waals surface area contributed by atoms with Crippen LogP contribution in [0.4, 0.5) is 0 Å². The smallest absolute Gasteiger partial charge is 0.220 e. The van der Waals surface area contributed by atoms with Crippen LogP contribution in [0.25, 0.3) is 0 Å². The predicted molar refractivity (Wildman–Crippen MR) is 78.1 cm³/mol. The summed E-state index contributed by atoms with van der Waals surface area (Å²) in [5, 5.41) is 6.48. The average molecular weight is 267 g/mol. The van der Waals surface area contributed by atoms with Gasteiger partial charge in [-0.2, -0.15) is 0 Å². The lowest BCUT2D eigenvalue weighted by Gasteiger charge is -2.31. The number of amides is 1. The molecule has 1 amide bonds. The molecule has 2 fully saturated rings. The first-order valence-electron chi connectivity index (χ1n) is 7.97. The van der Waals surface area contributed by atoms with Gasteiger partial charge in [0.2, 0.25) is 5.91 Å². The van der Waals surface area contributed by atoms with Gasteiger partial charge in [0.05, 0.1) is 0 Å². The molecule has 2 heterocycles. The number of carbonyl (C=O) groups excluding carboxylic acids is 1. The van der Waals surface area contributed by atoms with E-state index in [-0.39, 0.29) is 5.91 Å². The Morgan fingerprint density at radius 2 is 2.05 bits per heavy atom. The number of nitrogens with zero attached hydrogens (tertiary/aromatic N) is 1. The van der Waals surface area contributed by atoms with Gasteiger partial charge in [-0.1, -0.05) is 6.92 Å². The highest BCUT2D eigenvalue weighted by Crippen LogP contribution is 2.16. The van der Waals surface area contributed by atoms with Crippen LogP contribution in [0.2, 0.25) is 0 Å². The second-order valence-corrected chi connectivity index (χ2v) is 6.08. The highest BCUT2D eigenvalue weighted by molar-refractivity contribution is 5.75. The summed E-state index contributed by atoms with van der Waals surface area (Å²) in [7, 11) is 0. The zero-order chi connectivity index (χ0) is 13.5. The highest BCUT2D eigenvalue weighted by Gasteiger charge is 2.19. The van der Waals surface area contributed by atoms with Gasteiger partial charge in [0, 0.05) is 13.0 Å². The van der Waals surface area contributed by atoms with Crippen LogP contribution in [0.1, 0.15) is 39.0 Å². The SMILES string of the molecule is CCN1CCC(CNC(=O)CCC2CCNC2)CC1. The van der Waals surface area contributed by atoms with Crippen LogP contribution in [-0.4, -0.2) is 50.1 Å². The van der Waals surface area contributed by atoms with Crippen molar-refractivity contribution in [3.63, 3.8) is 0 Å². The maximum Gasteiger partial charge on any atom is 0.220 e. The molecule has 0 aromatic carbocycles. The molecule has 0 aromatic heterocycles. The summed E-state index contributed by atoms with van der Waals surface area (Å²) >= 11 is 0. The molecule has 4 heteroatoms. The number of carbonyl (C=O) groups is 1. The number of likely N-dealkylation sites (tertiary alicyclic amines) is 1. The Morgan fingerprint density at radius 3 is 2.68 bits per heavy atom. The fourth-order valence-electron chi connectivity index (χ4n) is 3.15. The predicted octanol–water partition coefficient (Wildman–Crippen LogP) is 1.22. The third-order valence-electron chi connectivity index (χ3n) is 4.68. The van der Waals surface area contributed by atoms with E-state index >= 15 is 0 Å². The highest BCUT2D eigenvalue weighted by atomic mass is 16.1. The molecule has 2 saturated heterocycles. The van der Waals surface area contributed by atoms with Crippen molar-refractivity contribution < 1.29 is 4.79 Å². The number of nitrogens with one attached hydrogen (secondary N) is 2. The summed E-state index contributed by atoms with van der Waals surface area (Å²) in [5.74, 6) is 1.67. The maximum absolute atomic E-state index is 11.8. The number of hydrogen-bond acceptors (Lipinski definition) is 3. The van der Waals surface area contributed by atoms with Crippen molar-refractivity contribution in [1.82, 2.24) is 15.5 Å². The van der Waals surface area contributed by atoms with Crippen LogP contribution >= 0.6 is 0 Å². The Hall–Kier alpha value is -0.610. The molecule has 0 spiro atoms. The molecule has 0 saturated carbocycles. The Balaban J connectivity index is 1.53. The van der Waals surface area contributed by atoms with Crippen LogP contribution in [0.15, 0.2) is 0 Å². The van der Waals surface area contributed by atoms with E-state index < -0.39 is 0 Å². The summed E-state index contributed by atoms with van der Waals surface area (Å²) in [6, 6.07) is 0. The Labute approximate surface area is 117 Å². The van der Waals surface area contributed by atoms with Crippen molar-refractivity contribution in [3.05, 3.63) is 0 Å². The summed E-state index contributed by atoms with van der Waals surface area (Å²) in [5.41, 5.74) is 0. The molecule has 2 aliphatic rings. The molecule has 2 rings (SSSR count). The topological polar surface area (TPSA) is 44.4 Å². The van der Waals surface area contributed by atoms with Gasteiger partial charge >= 0.3 is 0 Å². The van der Waals surface area contributed by atoms with Crippen molar-refractivity contribution in [2.75, 3.05) is 39.3 Å². The summed E-state index contributed by atoms with van der Waals surface area (Å²) in [6.45, 7) is 8.90. The lowest BCUT2D eigenvalue weighted by Crippen LogP contribution is -2.38. The molecule has 0 aliphatic carbocycles. The van der Waals surface area contributed by atoms with Gasteiger partial charge in [0.25, 0.3) is 0 Å². The average Bonchev–Trinajstić information content (AvgIpc) is 2.96. The van der Waals surface area contributed by atoms with Crippen molar-refractivity contribution in [2.24, 2.45) is 11.8 Å². The summed E-state index contributed by atoms with van der Waals surface area (Å²) < 4.78 is 0. The van der Waals surface area contributed by atoms with Crippen molar-refractivity contribution in [3.8, 4) is 0 Å². The Bertz CT molecular complexity index is 269. The van der Waals surface area contributed by atoms with Gasteiger partial charge < -0.3 is 15.5 Å². The van der Waals surface area contributed by atoms with Gasteiger partial charge in [-0.15, -0.1) is 0 Å². The van der Waals surface area contributed by atoms with Crippen molar-refractivity contribution >= 4 is 5.91 Å². The zero-order valence-electron chi connectivity index (χ0n) is 12.3. The monoisotopic (exact) mass is 267 g/mol. The molecule has 0 bridgehead atoms. The van der Waals surface area contributed by atoms with Crippen LogP contribution in [0.3, 0.4) is 0 Å². The third kappa shape index (κ3) is 5.11. The fraction of sp³-hybridized carbons (Fsp3) is 0.933. The lowest BCUT2D eigenvalue weighted by molar-refractivity contribution is -0.121. The summed E-state index contributed by atoms with van der Waals surface area (Å²) in [6.07, 6.45) is 5.47. The third-order valence-corrected chi connectivity index (χ3v) is 4.68. The molecule has 1 unspecified atom stereocenters. The van der Waals surface area contributed by atoms with Gasteiger partial charge in [-0.3, -0.25) is 4.79 Å². The van der Waals surface area contributed by atoms with Crippen molar-refractivity contribution in [1.29, 1.82) is 0 Å². The standard InChI is InChI=1S/C15H29N3O/c1-2-18-9-6-14(7-10-18)12-17-15(19)4-3-13-5-8-16-11-13/h13-14,16H,2-12H2,1H3,(H,17,19). The number of piperidine rings is 1. The molecule has 2 N–H and O–H groups in total. The molecule has 0 radical (unpaired) electrons. The van der Waals surface area contributed by atoms with Gasteiger partial charge in [0.15, 0.2) is 0 Å². The molecule has 110 valence electrons. The van der Waals surface area contributed by atoms with E-state index in [9.17, 15) is 4.79 Å². The summed E-state index contributed by atoms with van der Waals surface area (Å²) in [4.78, 5) is 14.3. The Morgan fingerprint density at radius 1 is 1.26 bits per heavy atom. The van der Waals surface area contributed by atoms with E-state index in [1.807, 2.05) is 0 Å². The largest absolute Gasteiger partial charge is 0.356 e. The minimum atomic E-state index is 0.254.